The molecule has 0 aliphatic heterocycles. The summed E-state index contributed by atoms with van der Waals surface area (Å²) in [5, 5.41) is 2.62. The van der Waals surface area contributed by atoms with Crippen LogP contribution in [0.25, 0.3) is 0 Å². The van der Waals surface area contributed by atoms with Crippen LogP contribution in [0.3, 0.4) is 0 Å². The molecule has 1 unspecified atom stereocenters. The third-order valence-corrected chi connectivity index (χ3v) is 5.39. The van der Waals surface area contributed by atoms with Gasteiger partial charge in [-0.25, -0.2) is 17.6 Å². The van der Waals surface area contributed by atoms with Crippen LogP contribution in [0.2, 0.25) is 0 Å². The first-order valence-electron chi connectivity index (χ1n) is 8.30. The van der Waals surface area contributed by atoms with Crippen molar-refractivity contribution in [3.05, 3.63) is 59.4 Å². The van der Waals surface area contributed by atoms with Crippen LogP contribution in [0.15, 0.2) is 42.5 Å². The van der Waals surface area contributed by atoms with Gasteiger partial charge in [-0.05, 0) is 49.7 Å². The maximum Gasteiger partial charge on any atom is 0.338 e. The van der Waals surface area contributed by atoms with Crippen LogP contribution in [0.5, 0.6) is 0 Å². The van der Waals surface area contributed by atoms with Gasteiger partial charge in [0.15, 0.2) is 0 Å². The largest absolute Gasteiger partial charge is 0.465 e. The molecule has 1 N–H and O–H groups in total. The Bertz CT molecular complexity index is 1010. The molecule has 28 heavy (non-hydrogen) atoms. The van der Waals surface area contributed by atoms with Crippen molar-refractivity contribution in [1.29, 1.82) is 0 Å². The number of anilines is 2. The molecule has 0 aromatic heterocycles. The number of methoxy groups -OCH3 is 1. The van der Waals surface area contributed by atoms with Gasteiger partial charge >= 0.3 is 5.97 Å². The van der Waals surface area contributed by atoms with Crippen molar-refractivity contribution >= 4 is 33.3 Å². The van der Waals surface area contributed by atoms with E-state index in [1.165, 1.54) is 32.2 Å². The summed E-state index contributed by atoms with van der Waals surface area (Å²) in [6.45, 7) is 3.02. The van der Waals surface area contributed by atoms with Crippen molar-refractivity contribution in [2.75, 3.05) is 23.0 Å². The first kappa shape index (κ1) is 21.4. The molecule has 0 radical (unpaired) electrons. The minimum Gasteiger partial charge on any atom is -0.465 e. The van der Waals surface area contributed by atoms with Gasteiger partial charge in [-0.2, -0.15) is 0 Å². The quantitative estimate of drug-likeness (QED) is 0.742. The molecule has 1 amide bonds. The zero-order valence-electron chi connectivity index (χ0n) is 15.9. The van der Waals surface area contributed by atoms with E-state index in [-0.39, 0.29) is 11.3 Å². The first-order chi connectivity index (χ1) is 13.1. The zero-order chi connectivity index (χ0) is 21.1. The van der Waals surface area contributed by atoms with Crippen LogP contribution >= 0.6 is 0 Å². The van der Waals surface area contributed by atoms with Gasteiger partial charge in [0.1, 0.15) is 11.9 Å². The minimum absolute atomic E-state index is 0.0326. The Balaban J connectivity index is 2.36. The number of hydrogen-bond acceptors (Lipinski definition) is 5. The third-order valence-electron chi connectivity index (χ3n) is 4.15. The van der Waals surface area contributed by atoms with Gasteiger partial charge in [0, 0.05) is 5.69 Å². The summed E-state index contributed by atoms with van der Waals surface area (Å²) in [6.07, 6.45) is 0.935. The van der Waals surface area contributed by atoms with E-state index >= 15 is 0 Å². The molecule has 0 heterocycles. The molecule has 150 valence electrons. The second kappa shape index (κ2) is 8.39. The zero-order valence-corrected chi connectivity index (χ0v) is 16.7. The number of ether oxygens (including phenoxy) is 1. The fourth-order valence-corrected chi connectivity index (χ4v) is 3.93. The standard InChI is InChI=1S/C19H21FN2O5S/c1-12-16(19(24)27-3)9-6-10-17(12)21-18(23)13(2)22(28(4,25)26)15-8-5-7-14(20)11-15/h5-11,13H,1-4H3,(H,21,23). The number of esters is 1. The SMILES string of the molecule is COC(=O)c1cccc(NC(=O)C(C)N(c2cccc(F)c2)S(C)(=O)=O)c1C. The molecule has 0 saturated carbocycles. The molecule has 2 aromatic rings. The Morgan fingerprint density at radius 3 is 2.39 bits per heavy atom. The summed E-state index contributed by atoms with van der Waals surface area (Å²) in [6, 6.07) is 8.51. The summed E-state index contributed by atoms with van der Waals surface area (Å²) in [7, 11) is -2.63. The molecule has 0 bridgehead atoms. The highest BCUT2D eigenvalue weighted by molar-refractivity contribution is 7.92. The van der Waals surface area contributed by atoms with Gasteiger partial charge < -0.3 is 10.1 Å². The maximum atomic E-state index is 13.6. The number of rotatable bonds is 6. The Labute approximate surface area is 163 Å². The number of carbonyl (C=O) groups is 2. The Morgan fingerprint density at radius 1 is 1.18 bits per heavy atom. The van der Waals surface area contributed by atoms with Crippen LogP contribution in [0.1, 0.15) is 22.8 Å². The van der Waals surface area contributed by atoms with E-state index in [0.29, 0.717) is 11.3 Å². The number of benzene rings is 2. The molecule has 0 saturated heterocycles. The summed E-state index contributed by atoms with van der Waals surface area (Å²) in [5.41, 5.74) is 1.13. The number of nitrogens with one attached hydrogen (secondary N) is 1. The predicted molar refractivity (Wildman–Crippen MR) is 104 cm³/mol. The van der Waals surface area contributed by atoms with E-state index in [9.17, 15) is 22.4 Å². The molecular formula is C19H21FN2O5S. The lowest BCUT2D eigenvalue weighted by Gasteiger charge is -2.28. The molecule has 2 aromatic carbocycles. The lowest BCUT2D eigenvalue weighted by atomic mass is 10.1. The van der Waals surface area contributed by atoms with Crippen LogP contribution < -0.4 is 9.62 Å². The van der Waals surface area contributed by atoms with E-state index in [1.807, 2.05) is 0 Å². The van der Waals surface area contributed by atoms with Crippen molar-refractivity contribution in [1.82, 2.24) is 0 Å². The van der Waals surface area contributed by atoms with Gasteiger partial charge in [0.05, 0.1) is 24.6 Å². The molecule has 9 heteroatoms. The molecule has 0 fully saturated rings. The topological polar surface area (TPSA) is 92.8 Å². The van der Waals surface area contributed by atoms with Gasteiger partial charge in [0.25, 0.3) is 0 Å². The van der Waals surface area contributed by atoms with Crippen molar-refractivity contribution in [2.45, 2.75) is 19.9 Å². The average molecular weight is 408 g/mol. The third kappa shape index (κ3) is 4.66. The highest BCUT2D eigenvalue weighted by atomic mass is 32.2. The smallest absolute Gasteiger partial charge is 0.338 e. The summed E-state index contributed by atoms with van der Waals surface area (Å²) in [4.78, 5) is 24.5. The van der Waals surface area contributed by atoms with Crippen LogP contribution in [0, 0.1) is 12.7 Å². The predicted octanol–water partition coefficient (Wildman–Crippen LogP) is 2.71. The summed E-state index contributed by atoms with van der Waals surface area (Å²) in [5.74, 6) is -1.82. The second-order valence-corrected chi connectivity index (χ2v) is 8.03. The van der Waals surface area contributed by atoms with Crippen LogP contribution in [-0.4, -0.2) is 39.7 Å². The van der Waals surface area contributed by atoms with E-state index in [2.05, 4.69) is 5.32 Å². The number of nitrogens with zero attached hydrogens (tertiary/aromatic N) is 1. The summed E-state index contributed by atoms with van der Waals surface area (Å²) >= 11 is 0. The fourth-order valence-electron chi connectivity index (χ4n) is 2.76. The van der Waals surface area contributed by atoms with Gasteiger partial charge in [-0.1, -0.05) is 12.1 Å². The normalized spacial score (nSPS) is 12.2. The number of hydrogen-bond donors (Lipinski definition) is 1. The van der Waals surface area contributed by atoms with Crippen molar-refractivity contribution < 1.29 is 27.1 Å². The highest BCUT2D eigenvalue weighted by Crippen LogP contribution is 2.24. The molecule has 7 nitrogen and oxygen atoms in total. The number of halogens is 1. The van der Waals surface area contributed by atoms with E-state index < -0.39 is 33.8 Å². The van der Waals surface area contributed by atoms with E-state index in [0.717, 1.165) is 16.6 Å². The Kier molecular flexibility index (Phi) is 6.40. The molecule has 1 atom stereocenters. The monoisotopic (exact) mass is 408 g/mol. The highest BCUT2D eigenvalue weighted by Gasteiger charge is 2.30. The van der Waals surface area contributed by atoms with E-state index in [1.54, 1.807) is 25.1 Å². The minimum atomic E-state index is -3.88. The number of sulfonamides is 1. The molecule has 0 aliphatic rings. The number of carbonyl (C=O) groups excluding carboxylic acids is 2. The maximum absolute atomic E-state index is 13.6. The second-order valence-electron chi connectivity index (χ2n) is 6.17. The van der Waals surface area contributed by atoms with Crippen molar-refractivity contribution in [3.8, 4) is 0 Å². The van der Waals surface area contributed by atoms with Gasteiger partial charge in [-0.3, -0.25) is 9.10 Å². The lowest BCUT2D eigenvalue weighted by molar-refractivity contribution is -0.116. The van der Waals surface area contributed by atoms with Crippen molar-refractivity contribution in [3.63, 3.8) is 0 Å². The van der Waals surface area contributed by atoms with Crippen molar-refractivity contribution in [2.24, 2.45) is 0 Å². The van der Waals surface area contributed by atoms with Gasteiger partial charge in [0.2, 0.25) is 15.9 Å². The van der Waals surface area contributed by atoms with Gasteiger partial charge in [-0.15, -0.1) is 0 Å². The van der Waals surface area contributed by atoms with Crippen LogP contribution in [0.4, 0.5) is 15.8 Å². The summed E-state index contributed by atoms with van der Waals surface area (Å²) < 4.78 is 43.6. The molecular weight excluding hydrogens is 387 g/mol. The Hall–Kier alpha value is -2.94. The van der Waals surface area contributed by atoms with E-state index in [4.69, 9.17) is 4.74 Å². The molecule has 2 rings (SSSR count). The molecule has 0 aliphatic carbocycles. The lowest BCUT2D eigenvalue weighted by Crippen LogP contribution is -2.45. The molecule has 0 spiro atoms. The number of amides is 1. The Morgan fingerprint density at radius 2 is 1.82 bits per heavy atom. The van der Waals surface area contributed by atoms with Crippen LogP contribution in [-0.2, 0) is 19.6 Å². The first-order valence-corrected chi connectivity index (χ1v) is 10.1. The average Bonchev–Trinajstić information content (AvgIpc) is 2.61. The fraction of sp³-hybridized carbons (Fsp3) is 0.263.